The Labute approximate surface area is 114 Å². The second kappa shape index (κ2) is 4.24. The van der Waals surface area contributed by atoms with Gasteiger partial charge in [0.1, 0.15) is 18.0 Å². The van der Waals surface area contributed by atoms with Crippen LogP contribution < -0.4 is 0 Å². The van der Waals surface area contributed by atoms with Gasteiger partial charge in [0.15, 0.2) is 5.01 Å². The molecule has 1 N–H and O–H groups in total. The maximum Gasteiger partial charge on any atom is 0.325 e. The number of carboxylic acid groups (broad SMARTS) is 1. The average molecular weight is 297 g/mol. The summed E-state index contributed by atoms with van der Waals surface area (Å²) in [6.07, 6.45) is 0. The average Bonchev–Trinajstić information content (AvgIpc) is 2.98. The molecule has 0 saturated carbocycles. The molecule has 0 aliphatic rings. The molecule has 3 aromatic rings. The number of carboxylic acids is 1. The van der Waals surface area contributed by atoms with E-state index in [1.165, 1.54) is 20.5 Å². The van der Waals surface area contributed by atoms with Crippen molar-refractivity contribution in [2.24, 2.45) is 0 Å². The molecule has 0 aromatic carbocycles. The van der Waals surface area contributed by atoms with E-state index in [0.717, 1.165) is 0 Å². The number of rotatable bonds is 3. The fourth-order valence-electron chi connectivity index (χ4n) is 1.53. The van der Waals surface area contributed by atoms with E-state index in [-0.39, 0.29) is 11.3 Å². The van der Waals surface area contributed by atoms with Crippen LogP contribution in [0.4, 0.5) is 0 Å². The van der Waals surface area contributed by atoms with Crippen LogP contribution in [0.1, 0.15) is 5.76 Å². The SMILES string of the molecule is Cc1cc(-c2nn3c(=S)n(CC(=O)O)nc3s2)no1. The number of aryl methyl sites for hydroxylation is 1. The Bertz CT molecular complexity index is 826. The quantitative estimate of drug-likeness (QED) is 0.729. The Morgan fingerprint density at radius 3 is 2.95 bits per heavy atom. The van der Waals surface area contributed by atoms with Gasteiger partial charge in [0.05, 0.1) is 0 Å². The highest BCUT2D eigenvalue weighted by Gasteiger charge is 2.15. The van der Waals surface area contributed by atoms with E-state index in [0.29, 0.717) is 21.4 Å². The van der Waals surface area contributed by atoms with E-state index < -0.39 is 5.97 Å². The van der Waals surface area contributed by atoms with Crippen LogP contribution in [0, 0.1) is 11.7 Å². The molecular weight excluding hydrogens is 290 g/mol. The smallest absolute Gasteiger partial charge is 0.325 e. The molecule has 0 radical (unpaired) electrons. The zero-order chi connectivity index (χ0) is 13.6. The summed E-state index contributed by atoms with van der Waals surface area (Å²) in [7, 11) is 0. The van der Waals surface area contributed by atoms with Crippen LogP contribution in [0.2, 0.25) is 0 Å². The number of aromatic nitrogens is 5. The van der Waals surface area contributed by atoms with Crippen LogP contribution in [0.5, 0.6) is 0 Å². The maximum atomic E-state index is 10.7. The Kier molecular flexibility index (Phi) is 2.68. The highest BCUT2D eigenvalue weighted by Crippen LogP contribution is 2.24. The van der Waals surface area contributed by atoms with Crippen molar-refractivity contribution in [1.29, 1.82) is 0 Å². The van der Waals surface area contributed by atoms with E-state index in [9.17, 15) is 4.79 Å². The lowest BCUT2D eigenvalue weighted by molar-refractivity contribution is -0.137. The fourth-order valence-corrected chi connectivity index (χ4v) is 2.67. The Hall–Kier alpha value is -2.07. The summed E-state index contributed by atoms with van der Waals surface area (Å²) in [5, 5.41) is 21.6. The summed E-state index contributed by atoms with van der Waals surface area (Å²) in [5.74, 6) is -0.323. The topological polar surface area (TPSA) is 98.5 Å². The molecule has 3 rings (SSSR count). The highest BCUT2D eigenvalue weighted by atomic mass is 32.1. The minimum Gasteiger partial charge on any atom is -0.480 e. The normalized spacial score (nSPS) is 11.2. The number of carbonyl (C=O) groups is 1. The number of fused-ring (bicyclic) bond motifs is 1. The van der Waals surface area contributed by atoms with Gasteiger partial charge in [-0.25, -0.2) is 4.68 Å². The second-order valence-electron chi connectivity index (χ2n) is 3.76. The summed E-state index contributed by atoms with van der Waals surface area (Å²) in [6.45, 7) is 1.50. The lowest BCUT2D eigenvalue weighted by Crippen LogP contribution is -2.10. The van der Waals surface area contributed by atoms with Crippen molar-refractivity contribution in [1.82, 2.24) is 24.6 Å². The fraction of sp³-hybridized carbons (Fsp3) is 0.222. The first kappa shape index (κ1) is 12.0. The van der Waals surface area contributed by atoms with E-state index in [4.69, 9.17) is 21.8 Å². The van der Waals surface area contributed by atoms with Crippen LogP contribution in [0.3, 0.4) is 0 Å². The first-order valence-electron chi connectivity index (χ1n) is 5.17. The molecule has 0 spiro atoms. The lowest BCUT2D eigenvalue weighted by atomic mass is 10.4. The monoisotopic (exact) mass is 297 g/mol. The minimum atomic E-state index is -1.01. The van der Waals surface area contributed by atoms with E-state index in [1.807, 2.05) is 0 Å². The van der Waals surface area contributed by atoms with Gasteiger partial charge in [0, 0.05) is 6.07 Å². The predicted octanol–water partition coefficient (Wildman–Crippen LogP) is 1.37. The Morgan fingerprint density at radius 1 is 1.58 bits per heavy atom. The van der Waals surface area contributed by atoms with Gasteiger partial charge in [-0.05, 0) is 19.1 Å². The minimum absolute atomic E-state index is 0.236. The van der Waals surface area contributed by atoms with Crippen molar-refractivity contribution >= 4 is 34.5 Å². The zero-order valence-corrected chi connectivity index (χ0v) is 11.2. The van der Waals surface area contributed by atoms with Crippen molar-refractivity contribution < 1.29 is 14.4 Å². The molecule has 0 amide bonds. The zero-order valence-electron chi connectivity index (χ0n) is 9.60. The molecule has 8 nitrogen and oxygen atoms in total. The standard InChI is InChI=1S/C9H7N5O3S2/c1-4-2-5(12-17-4)7-10-14-8(19-7)11-13(9(14)18)3-6(15)16/h2H,3H2,1H3,(H,15,16). The molecule has 0 bridgehead atoms. The first-order valence-corrected chi connectivity index (χ1v) is 6.39. The number of hydrogen-bond acceptors (Lipinski definition) is 7. The second-order valence-corrected chi connectivity index (χ2v) is 5.08. The van der Waals surface area contributed by atoms with Gasteiger partial charge in [-0.15, -0.1) is 10.2 Å². The first-order chi connectivity index (χ1) is 9.04. The van der Waals surface area contributed by atoms with Gasteiger partial charge < -0.3 is 9.63 Å². The van der Waals surface area contributed by atoms with E-state index in [2.05, 4.69) is 15.4 Å². The molecule has 0 saturated heterocycles. The van der Waals surface area contributed by atoms with Gasteiger partial charge in [0.2, 0.25) is 9.73 Å². The number of hydrogen-bond donors (Lipinski definition) is 1. The molecule has 3 heterocycles. The molecule has 0 unspecified atom stereocenters. The summed E-state index contributed by atoms with van der Waals surface area (Å²) in [5.41, 5.74) is 0.604. The van der Waals surface area contributed by atoms with E-state index >= 15 is 0 Å². The van der Waals surface area contributed by atoms with Crippen LogP contribution in [-0.2, 0) is 11.3 Å². The van der Waals surface area contributed by atoms with E-state index in [1.54, 1.807) is 13.0 Å². The van der Waals surface area contributed by atoms with Gasteiger partial charge >= 0.3 is 5.97 Å². The molecule has 0 fully saturated rings. The molecular formula is C9H7N5O3S2. The van der Waals surface area contributed by atoms with Crippen molar-refractivity contribution in [3.8, 4) is 10.7 Å². The molecule has 3 aromatic heterocycles. The van der Waals surface area contributed by atoms with Crippen molar-refractivity contribution in [3.63, 3.8) is 0 Å². The maximum absolute atomic E-state index is 10.7. The molecule has 0 aliphatic carbocycles. The van der Waals surface area contributed by atoms with Gasteiger partial charge in [-0.2, -0.15) is 4.52 Å². The molecule has 19 heavy (non-hydrogen) atoms. The van der Waals surface area contributed by atoms with Crippen LogP contribution in [0.15, 0.2) is 10.6 Å². The van der Waals surface area contributed by atoms with Crippen molar-refractivity contribution in [3.05, 3.63) is 16.6 Å². The number of aliphatic carboxylic acids is 1. The van der Waals surface area contributed by atoms with Gasteiger partial charge in [0.25, 0.3) is 0 Å². The third-order valence-corrected chi connectivity index (χ3v) is 3.61. The molecule has 98 valence electrons. The van der Waals surface area contributed by atoms with Crippen LogP contribution >= 0.6 is 23.6 Å². The summed E-state index contributed by atoms with van der Waals surface area (Å²) in [4.78, 5) is 11.2. The molecule has 0 aliphatic heterocycles. The van der Waals surface area contributed by atoms with Gasteiger partial charge in [-0.1, -0.05) is 16.5 Å². The molecule has 10 heteroatoms. The summed E-state index contributed by atoms with van der Waals surface area (Å²) < 4.78 is 7.85. The lowest BCUT2D eigenvalue weighted by Gasteiger charge is -1.92. The third kappa shape index (κ3) is 2.04. The largest absolute Gasteiger partial charge is 0.480 e. The van der Waals surface area contributed by atoms with Crippen molar-refractivity contribution in [2.75, 3.05) is 0 Å². The van der Waals surface area contributed by atoms with Crippen molar-refractivity contribution in [2.45, 2.75) is 13.5 Å². The summed E-state index contributed by atoms with van der Waals surface area (Å²) >= 11 is 6.38. The summed E-state index contributed by atoms with van der Waals surface area (Å²) in [6, 6.07) is 1.76. The predicted molar refractivity (Wildman–Crippen MR) is 67.6 cm³/mol. The Morgan fingerprint density at radius 2 is 2.37 bits per heavy atom. The number of nitrogens with zero attached hydrogens (tertiary/aromatic N) is 5. The Balaban J connectivity index is 2.08. The van der Waals surface area contributed by atoms with Crippen LogP contribution in [-0.4, -0.2) is 35.6 Å². The van der Waals surface area contributed by atoms with Gasteiger partial charge in [-0.3, -0.25) is 4.79 Å². The highest BCUT2D eigenvalue weighted by molar-refractivity contribution is 7.71. The molecule has 0 atom stereocenters. The van der Waals surface area contributed by atoms with Crippen LogP contribution in [0.25, 0.3) is 15.7 Å². The third-order valence-electron chi connectivity index (χ3n) is 2.30.